The predicted octanol–water partition coefficient (Wildman–Crippen LogP) is -1.05. The lowest BCUT2D eigenvalue weighted by molar-refractivity contribution is -0.135. The quantitative estimate of drug-likeness (QED) is 0.343. The van der Waals surface area contributed by atoms with E-state index in [2.05, 4.69) is 0 Å². The molecule has 0 aromatic rings. The molecule has 0 rings (SSSR count). The number of rotatable bonds is 2. The first kappa shape index (κ1) is 25.2. The standard InChI is InChI=1S/C3H8O3.3C2H4O2/c4-2-1-3(5)6;3*1-2(3)4/h3-6H,1-2H2;3*1H3,(H,3,4). The summed E-state index contributed by atoms with van der Waals surface area (Å²) in [6.07, 6.45) is -1.31. The molecule has 0 aliphatic carbocycles. The summed E-state index contributed by atoms with van der Waals surface area (Å²) >= 11 is 0. The molecule has 0 aliphatic rings. The van der Waals surface area contributed by atoms with Gasteiger partial charge in [-0.15, -0.1) is 0 Å². The zero-order valence-electron chi connectivity index (χ0n) is 10.4. The largest absolute Gasteiger partial charge is 0.481 e. The smallest absolute Gasteiger partial charge is 0.300 e. The van der Waals surface area contributed by atoms with E-state index >= 15 is 0 Å². The number of carboxylic acid groups (broad SMARTS) is 3. The molecule has 9 nitrogen and oxygen atoms in total. The van der Waals surface area contributed by atoms with Crippen molar-refractivity contribution in [2.75, 3.05) is 6.61 Å². The van der Waals surface area contributed by atoms with Crippen LogP contribution in [0.25, 0.3) is 0 Å². The fourth-order valence-corrected chi connectivity index (χ4v) is 0.115. The van der Waals surface area contributed by atoms with Gasteiger partial charge in [0.25, 0.3) is 17.9 Å². The number of aliphatic hydroxyl groups excluding tert-OH is 2. The molecule has 0 bridgehead atoms. The van der Waals surface area contributed by atoms with Gasteiger partial charge >= 0.3 is 0 Å². The Bertz CT molecular complexity index is 172. The molecule has 0 saturated heterocycles. The molecule has 0 amide bonds. The summed E-state index contributed by atoms with van der Waals surface area (Å²) in [6.45, 7) is 3.08. The average molecular weight is 272 g/mol. The maximum Gasteiger partial charge on any atom is 0.300 e. The van der Waals surface area contributed by atoms with Gasteiger partial charge in [0, 0.05) is 33.8 Å². The lowest BCUT2D eigenvalue weighted by Crippen LogP contribution is -2.05. The third-order valence-corrected chi connectivity index (χ3v) is 0.387. The molecule has 18 heavy (non-hydrogen) atoms. The van der Waals surface area contributed by atoms with Crippen LogP contribution in [0.5, 0.6) is 0 Å². The summed E-state index contributed by atoms with van der Waals surface area (Å²) in [5.74, 6) is -2.50. The van der Waals surface area contributed by atoms with Crippen LogP contribution in [-0.4, -0.2) is 61.4 Å². The molecule has 6 N–H and O–H groups in total. The van der Waals surface area contributed by atoms with Crippen LogP contribution < -0.4 is 0 Å². The minimum absolute atomic E-state index is 0.0417. The lowest BCUT2D eigenvalue weighted by Gasteiger charge is -1.94. The Labute approximate surface area is 104 Å². The number of carboxylic acids is 3. The molecule has 110 valence electrons. The number of aliphatic carboxylic acids is 3. The maximum absolute atomic E-state index is 9.00. The van der Waals surface area contributed by atoms with Crippen molar-refractivity contribution in [1.29, 1.82) is 0 Å². The van der Waals surface area contributed by atoms with E-state index in [1.54, 1.807) is 0 Å². The van der Waals surface area contributed by atoms with Gasteiger partial charge in [0.1, 0.15) is 0 Å². The van der Waals surface area contributed by atoms with Crippen LogP contribution >= 0.6 is 0 Å². The Hall–Kier alpha value is -1.71. The van der Waals surface area contributed by atoms with Crippen molar-refractivity contribution in [1.82, 2.24) is 0 Å². The zero-order chi connectivity index (χ0) is 15.7. The van der Waals surface area contributed by atoms with E-state index in [-0.39, 0.29) is 13.0 Å². The van der Waals surface area contributed by atoms with Gasteiger partial charge in [-0.25, -0.2) is 0 Å². The highest BCUT2D eigenvalue weighted by atomic mass is 16.5. The van der Waals surface area contributed by atoms with E-state index in [1.165, 1.54) is 0 Å². The van der Waals surface area contributed by atoms with Crippen LogP contribution in [0.3, 0.4) is 0 Å². The molecule has 0 spiro atoms. The Kier molecular flexibility index (Phi) is 29.0. The van der Waals surface area contributed by atoms with Gasteiger partial charge in [-0.3, -0.25) is 14.4 Å². The van der Waals surface area contributed by atoms with Gasteiger partial charge in [0.05, 0.1) is 0 Å². The molecule has 0 aliphatic heterocycles. The van der Waals surface area contributed by atoms with Crippen LogP contribution in [0.2, 0.25) is 0 Å². The first-order valence-electron chi connectivity index (χ1n) is 4.52. The van der Waals surface area contributed by atoms with Crippen molar-refractivity contribution in [3.63, 3.8) is 0 Å². The molecule has 0 unspecified atom stereocenters. The van der Waals surface area contributed by atoms with Crippen molar-refractivity contribution in [2.24, 2.45) is 0 Å². The summed E-state index contributed by atoms with van der Waals surface area (Å²) in [6, 6.07) is 0. The van der Waals surface area contributed by atoms with Crippen molar-refractivity contribution in [2.45, 2.75) is 33.5 Å². The summed E-state index contributed by atoms with van der Waals surface area (Å²) in [5, 5.41) is 46.1. The van der Waals surface area contributed by atoms with E-state index in [9.17, 15) is 0 Å². The van der Waals surface area contributed by atoms with Crippen LogP contribution in [0, 0.1) is 0 Å². The van der Waals surface area contributed by atoms with Gasteiger partial charge in [-0.05, 0) is 0 Å². The van der Waals surface area contributed by atoms with Gasteiger partial charge < -0.3 is 30.6 Å². The van der Waals surface area contributed by atoms with Crippen molar-refractivity contribution >= 4 is 17.9 Å². The molecule has 0 atom stereocenters. The third kappa shape index (κ3) is 1520. The SMILES string of the molecule is CC(=O)O.CC(=O)O.CC(=O)O.OCCC(O)O. The summed E-state index contributed by atoms with van der Waals surface area (Å²) in [5.41, 5.74) is 0. The first-order valence-corrected chi connectivity index (χ1v) is 4.52. The average Bonchev–Trinajstić information content (AvgIpc) is 1.98. The van der Waals surface area contributed by atoms with Crippen LogP contribution in [0.4, 0.5) is 0 Å². The molecule has 0 aromatic carbocycles. The third-order valence-electron chi connectivity index (χ3n) is 0.387. The highest BCUT2D eigenvalue weighted by Gasteiger charge is 1.90. The van der Waals surface area contributed by atoms with E-state index in [1.807, 2.05) is 0 Å². The van der Waals surface area contributed by atoms with E-state index in [4.69, 9.17) is 45.0 Å². The molecule has 0 radical (unpaired) electrons. The summed E-state index contributed by atoms with van der Waals surface area (Å²) < 4.78 is 0. The zero-order valence-corrected chi connectivity index (χ0v) is 10.4. The Morgan fingerprint density at radius 3 is 1.00 bits per heavy atom. The van der Waals surface area contributed by atoms with Crippen LogP contribution in [0.1, 0.15) is 27.2 Å². The number of carbonyl (C=O) groups is 3. The molecule has 0 heterocycles. The van der Waals surface area contributed by atoms with Gasteiger partial charge in [0.15, 0.2) is 6.29 Å². The van der Waals surface area contributed by atoms with Crippen molar-refractivity contribution in [3.05, 3.63) is 0 Å². The topological polar surface area (TPSA) is 173 Å². The Morgan fingerprint density at radius 1 is 0.833 bits per heavy atom. The van der Waals surface area contributed by atoms with Crippen LogP contribution in [0.15, 0.2) is 0 Å². The summed E-state index contributed by atoms with van der Waals surface area (Å²) in [4.78, 5) is 27.0. The second-order valence-electron chi connectivity index (χ2n) is 2.55. The lowest BCUT2D eigenvalue weighted by atomic mass is 10.5. The van der Waals surface area contributed by atoms with Gasteiger partial charge in [-0.1, -0.05) is 0 Å². The second kappa shape index (κ2) is 20.7. The van der Waals surface area contributed by atoms with E-state index in [0.29, 0.717) is 0 Å². The molecular formula is C9H20O9. The molecule has 0 fully saturated rings. The minimum Gasteiger partial charge on any atom is -0.481 e. The van der Waals surface area contributed by atoms with E-state index < -0.39 is 24.2 Å². The van der Waals surface area contributed by atoms with Gasteiger partial charge in [0.2, 0.25) is 0 Å². The maximum atomic E-state index is 9.00. The van der Waals surface area contributed by atoms with Gasteiger partial charge in [-0.2, -0.15) is 0 Å². The van der Waals surface area contributed by atoms with E-state index in [0.717, 1.165) is 20.8 Å². The summed E-state index contributed by atoms with van der Waals surface area (Å²) in [7, 11) is 0. The highest BCUT2D eigenvalue weighted by molar-refractivity contribution is 5.63. The monoisotopic (exact) mass is 272 g/mol. The molecule has 0 aromatic heterocycles. The number of aliphatic hydroxyl groups is 3. The molecule has 9 heteroatoms. The second-order valence-corrected chi connectivity index (χ2v) is 2.55. The number of hydrogen-bond donors (Lipinski definition) is 6. The predicted molar refractivity (Wildman–Crippen MR) is 59.9 cm³/mol. The number of hydrogen-bond acceptors (Lipinski definition) is 6. The highest BCUT2D eigenvalue weighted by Crippen LogP contribution is 1.79. The van der Waals surface area contributed by atoms with Crippen molar-refractivity contribution < 1.29 is 45.0 Å². The first-order chi connectivity index (χ1) is 7.97. The Morgan fingerprint density at radius 2 is 1.00 bits per heavy atom. The fourth-order valence-electron chi connectivity index (χ4n) is 0.115. The van der Waals surface area contributed by atoms with Crippen molar-refractivity contribution in [3.8, 4) is 0 Å². The molecular weight excluding hydrogens is 252 g/mol. The van der Waals surface area contributed by atoms with Crippen LogP contribution in [-0.2, 0) is 14.4 Å². The normalized spacial score (nSPS) is 7.50. The molecule has 0 saturated carbocycles. The minimum atomic E-state index is -1.35. The fraction of sp³-hybridized carbons (Fsp3) is 0.667. The Balaban J connectivity index is -0.0000000742.